The first-order valence-corrected chi connectivity index (χ1v) is 12.5. The summed E-state index contributed by atoms with van der Waals surface area (Å²) in [6.45, 7) is 1.90. The van der Waals surface area contributed by atoms with Gasteiger partial charge in [0.2, 0.25) is 5.91 Å². The Hall–Kier alpha value is -3.85. The molecule has 0 saturated heterocycles. The monoisotopic (exact) mass is 493 g/mol. The third-order valence-electron chi connectivity index (χ3n) is 6.14. The normalized spacial score (nSPS) is 15.3. The Morgan fingerprint density at radius 1 is 1.00 bits per heavy atom. The molecule has 1 aliphatic rings. The van der Waals surface area contributed by atoms with E-state index in [4.69, 9.17) is 10.5 Å². The fraction of sp³-hybridized carbons (Fsp3) is 0.231. The molecular weight excluding hydrogens is 466 g/mol. The molecule has 0 saturated carbocycles. The Morgan fingerprint density at radius 2 is 1.63 bits per heavy atom. The molecule has 3 aromatic carbocycles. The molecule has 35 heavy (non-hydrogen) atoms. The van der Waals surface area contributed by atoms with E-state index in [9.17, 15) is 18.0 Å². The summed E-state index contributed by atoms with van der Waals surface area (Å²) in [6.07, 6.45) is 0.369. The number of carbonyl (C=O) groups is 2. The molecule has 1 atom stereocenters. The Bertz CT molecular complexity index is 1340. The third kappa shape index (κ3) is 5.14. The maximum atomic E-state index is 12.9. The van der Waals surface area contributed by atoms with Crippen LogP contribution in [0.5, 0.6) is 5.75 Å². The molecule has 9 heteroatoms. The molecule has 0 bridgehead atoms. The van der Waals surface area contributed by atoms with E-state index in [1.54, 1.807) is 48.5 Å². The average Bonchev–Trinajstić information content (AvgIpc) is 2.86. The van der Waals surface area contributed by atoms with Crippen molar-refractivity contribution in [3.63, 3.8) is 0 Å². The van der Waals surface area contributed by atoms with Crippen LogP contribution in [0.2, 0.25) is 0 Å². The lowest BCUT2D eigenvalue weighted by molar-refractivity contribution is -0.142. The van der Waals surface area contributed by atoms with Crippen molar-refractivity contribution in [1.82, 2.24) is 4.90 Å². The lowest BCUT2D eigenvalue weighted by Gasteiger charge is -2.35. The molecular formula is C26H27N3O5S. The van der Waals surface area contributed by atoms with Gasteiger partial charge in [-0.3, -0.25) is 13.9 Å². The molecule has 0 fully saturated rings. The number of rotatable bonds is 7. The summed E-state index contributed by atoms with van der Waals surface area (Å²) in [5.74, 6) is -0.516. The predicted octanol–water partition coefficient (Wildman–Crippen LogP) is 2.64. The van der Waals surface area contributed by atoms with E-state index < -0.39 is 22.0 Å². The molecule has 0 aromatic heterocycles. The number of hydrogen-bond acceptors (Lipinski definition) is 5. The van der Waals surface area contributed by atoms with Crippen molar-refractivity contribution in [3.8, 4) is 5.75 Å². The number of ether oxygens (including phenoxy) is 1. The molecule has 3 aromatic rings. The SMILES string of the molecule is Cc1ccc(S(=O)(=O)N(C)c2ccc(OCC(=O)N3Cc4ccccc4CC3C(N)=O)cc2)cc1. The van der Waals surface area contributed by atoms with Crippen LogP contribution < -0.4 is 14.8 Å². The highest BCUT2D eigenvalue weighted by atomic mass is 32.2. The molecule has 182 valence electrons. The first kappa shape index (κ1) is 24.3. The molecule has 2 N–H and O–H groups in total. The number of amides is 2. The highest BCUT2D eigenvalue weighted by molar-refractivity contribution is 7.92. The zero-order valence-electron chi connectivity index (χ0n) is 19.5. The molecule has 1 unspecified atom stereocenters. The Morgan fingerprint density at radius 3 is 2.26 bits per heavy atom. The number of anilines is 1. The molecule has 4 rings (SSSR count). The van der Waals surface area contributed by atoms with E-state index in [2.05, 4.69) is 0 Å². The maximum absolute atomic E-state index is 12.9. The van der Waals surface area contributed by atoms with E-state index in [1.165, 1.54) is 16.3 Å². The van der Waals surface area contributed by atoms with Gasteiger partial charge >= 0.3 is 0 Å². The van der Waals surface area contributed by atoms with Gasteiger partial charge in [0.1, 0.15) is 11.8 Å². The van der Waals surface area contributed by atoms with Crippen LogP contribution in [0.3, 0.4) is 0 Å². The molecule has 1 aliphatic heterocycles. The van der Waals surface area contributed by atoms with Gasteiger partial charge in [0.25, 0.3) is 15.9 Å². The predicted molar refractivity (Wildman–Crippen MR) is 132 cm³/mol. The van der Waals surface area contributed by atoms with E-state index in [1.807, 2.05) is 31.2 Å². The van der Waals surface area contributed by atoms with Gasteiger partial charge < -0.3 is 15.4 Å². The van der Waals surface area contributed by atoms with Crippen LogP contribution in [0.1, 0.15) is 16.7 Å². The fourth-order valence-electron chi connectivity index (χ4n) is 4.03. The zero-order valence-corrected chi connectivity index (χ0v) is 20.4. The summed E-state index contributed by atoms with van der Waals surface area (Å²) in [5.41, 5.74) is 8.96. The number of hydrogen-bond donors (Lipinski definition) is 1. The van der Waals surface area contributed by atoms with Gasteiger partial charge in [0.15, 0.2) is 6.61 Å². The van der Waals surface area contributed by atoms with Crippen molar-refractivity contribution in [2.75, 3.05) is 18.0 Å². The van der Waals surface area contributed by atoms with Crippen molar-refractivity contribution in [1.29, 1.82) is 0 Å². The van der Waals surface area contributed by atoms with Crippen molar-refractivity contribution >= 4 is 27.5 Å². The van der Waals surface area contributed by atoms with Crippen molar-refractivity contribution in [2.24, 2.45) is 5.73 Å². The third-order valence-corrected chi connectivity index (χ3v) is 7.94. The van der Waals surface area contributed by atoms with E-state index in [0.717, 1.165) is 16.7 Å². The van der Waals surface area contributed by atoms with Gasteiger partial charge in [-0.2, -0.15) is 0 Å². The summed E-state index contributed by atoms with van der Waals surface area (Å²) < 4.78 is 32.6. The van der Waals surface area contributed by atoms with Gasteiger partial charge in [0, 0.05) is 20.0 Å². The molecule has 2 amide bonds. The number of nitrogens with zero attached hydrogens (tertiary/aromatic N) is 2. The van der Waals surface area contributed by atoms with E-state index >= 15 is 0 Å². The van der Waals surface area contributed by atoms with Gasteiger partial charge in [0.05, 0.1) is 10.6 Å². The van der Waals surface area contributed by atoms with Crippen LogP contribution in [0.15, 0.2) is 77.7 Å². The van der Waals surface area contributed by atoms with Crippen LogP contribution in [0.25, 0.3) is 0 Å². The number of benzene rings is 3. The van der Waals surface area contributed by atoms with Crippen LogP contribution in [-0.2, 0) is 32.6 Å². The van der Waals surface area contributed by atoms with E-state index in [-0.39, 0.29) is 24.0 Å². The van der Waals surface area contributed by atoms with Crippen LogP contribution in [-0.4, -0.2) is 44.8 Å². The second-order valence-corrected chi connectivity index (χ2v) is 10.5. The molecule has 0 aliphatic carbocycles. The summed E-state index contributed by atoms with van der Waals surface area (Å²) >= 11 is 0. The second-order valence-electron chi connectivity index (χ2n) is 8.48. The maximum Gasteiger partial charge on any atom is 0.264 e. The first-order valence-electron chi connectivity index (χ1n) is 11.1. The quantitative estimate of drug-likeness (QED) is 0.544. The average molecular weight is 494 g/mol. The van der Waals surface area contributed by atoms with Crippen molar-refractivity contribution < 1.29 is 22.7 Å². The summed E-state index contributed by atoms with van der Waals surface area (Å²) in [4.78, 5) is 26.5. The summed E-state index contributed by atoms with van der Waals surface area (Å²) in [6, 6.07) is 20.0. The fourth-order valence-corrected chi connectivity index (χ4v) is 5.22. The molecule has 0 spiro atoms. The van der Waals surface area contributed by atoms with Crippen LogP contribution in [0, 0.1) is 6.92 Å². The number of sulfonamides is 1. The van der Waals surface area contributed by atoms with Gasteiger partial charge in [-0.15, -0.1) is 0 Å². The lowest BCUT2D eigenvalue weighted by Crippen LogP contribution is -2.52. The van der Waals surface area contributed by atoms with Gasteiger partial charge in [-0.05, 0) is 54.4 Å². The number of fused-ring (bicyclic) bond motifs is 1. The van der Waals surface area contributed by atoms with E-state index in [0.29, 0.717) is 17.9 Å². The molecule has 1 heterocycles. The van der Waals surface area contributed by atoms with Gasteiger partial charge in [-0.25, -0.2) is 8.42 Å². The topological polar surface area (TPSA) is 110 Å². The molecule has 0 radical (unpaired) electrons. The lowest BCUT2D eigenvalue weighted by atomic mass is 9.93. The summed E-state index contributed by atoms with van der Waals surface area (Å²) in [7, 11) is -2.23. The minimum Gasteiger partial charge on any atom is -0.484 e. The minimum atomic E-state index is -3.71. The highest BCUT2D eigenvalue weighted by Crippen LogP contribution is 2.26. The first-order chi connectivity index (χ1) is 16.7. The standard InChI is InChI=1S/C26H27N3O5S/c1-18-7-13-23(14-8-18)35(32,33)28(2)21-9-11-22(12-10-21)34-17-25(30)29-16-20-6-4-3-5-19(20)15-24(29)26(27)31/h3-14,24H,15-17H2,1-2H3,(H2,27,31). The Kier molecular flexibility index (Phi) is 6.79. The van der Waals surface area contributed by atoms with Crippen LogP contribution >= 0.6 is 0 Å². The zero-order chi connectivity index (χ0) is 25.2. The Labute approximate surface area is 205 Å². The number of nitrogens with two attached hydrogens (primary N) is 1. The number of aryl methyl sites for hydroxylation is 1. The smallest absolute Gasteiger partial charge is 0.264 e. The van der Waals surface area contributed by atoms with Crippen LogP contribution in [0.4, 0.5) is 5.69 Å². The Balaban J connectivity index is 1.42. The number of carbonyl (C=O) groups excluding carboxylic acids is 2. The largest absolute Gasteiger partial charge is 0.484 e. The second kappa shape index (κ2) is 9.79. The van der Waals surface area contributed by atoms with Crippen molar-refractivity contribution in [3.05, 3.63) is 89.5 Å². The molecule has 8 nitrogen and oxygen atoms in total. The minimum absolute atomic E-state index is 0.198. The highest BCUT2D eigenvalue weighted by Gasteiger charge is 2.33. The number of primary amides is 1. The van der Waals surface area contributed by atoms with Gasteiger partial charge in [-0.1, -0.05) is 42.0 Å². The van der Waals surface area contributed by atoms with Crippen molar-refractivity contribution in [2.45, 2.75) is 30.8 Å². The summed E-state index contributed by atoms with van der Waals surface area (Å²) in [5, 5.41) is 0.